The number of nitrogens with zero attached hydrogens (tertiary/aromatic N) is 3. The number of aromatic nitrogens is 2. The van der Waals surface area contributed by atoms with Gasteiger partial charge in [-0.15, -0.1) is 0 Å². The third-order valence-corrected chi connectivity index (χ3v) is 3.79. The second-order valence-electron chi connectivity index (χ2n) is 5.40. The topological polar surface area (TPSA) is 81.5 Å². The summed E-state index contributed by atoms with van der Waals surface area (Å²) in [6.07, 6.45) is 1.82. The molecule has 0 N–H and O–H groups in total. The molecule has 1 aromatic carbocycles. The molecule has 1 aliphatic rings. The predicted molar refractivity (Wildman–Crippen MR) is 84.6 cm³/mol. The quantitative estimate of drug-likeness (QED) is 0.611. The Bertz CT molecular complexity index is 853. The number of imide groups is 1. The first-order valence-electron chi connectivity index (χ1n) is 7.40. The van der Waals surface area contributed by atoms with Gasteiger partial charge in [0.25, 0.3) is 11.8 Å². The van der Waals surface area contributed by atoms with Crippen LogP contribution in [0.5, 0.6) is 0 Å². The molecule has 0 spiro atoms. The molecule has 2 amide bonds. The van der Waals surface area contributed by atoms with E-state index in [1.54, 1.807) is 24.3 Å². The number of carbonyl (C=O) groups is 3. The highest BCUT2D eigenvalue weighted by molar-refractivity contribution is 6.21. The number of hydrogen-bond acceptors (Lipinski definition) is 5. The molecule has 2 aromatic rings. The summed E-state index contributed by atoms with van der Waals surface area (Å²) >= 11 is 0. The van der Waals surface area contributed by atoms with Gasteiger partial charge in [0.1, 0.15) is 0 Å². The van der Waals surface area contributed by atoms with Gasteiger partial charge in [-0.3, -0.25) is 19.2 Å². The molecule has 128 valence electrons. The lowest BCUT2D eigenvalue weighted by Gasteiger charge is -2.15. The van der Waals surface area contributed by atoms with E-state index in [1.165, 1.54) is 24.1 Å². The lowest BCUT2D eigenvalue weighted by molar-refractivity contribution is 0.0592. The van der Waals surface area contributed by atoms with Crippen molar-refractivity contribution >= 4 is 17.8 Å². The second kappa shape index (κ2) is 6.68. The van der Waals surface area contributed by atoms with E-state index in [-0.39, 0.29) is 24.4 Å². The zero-order valence-corrected chi connectivity index (χ0v) is 13.3. The Morgan fingerprint density at radius 3 is 2.36 bits per heavy atom. The van der Waals surface area contributed by atoms with Crippen molar-refractivity contribution in [1.82, 2.24) is 14.7 Å². The maximum absolute atomic E-state index is 13.3. The summed E-state index contributed by atoms with van der Waals surface area (Å²) in [7, 11) is 1.23. The van der Waals surface area contributed by atoms with Crippen LogP contribution in [0, 0.1) is 0 Å². The minimum Gasteiger partial charge on any atom is -0.464 e. The number of benzene rings is 1. The van der Waals surface area contributed by atoms with Crippen LogP contribution < -0.4 is 0 Å². The van der Waals surface area contributed by atoms with Crippen LogP contribution in [0.1, 0.15) is 31.2 Å². The molecule has 3 rings (SSSR count). The van der Waals surface area contributed by atoms with Crippen molar-refractivity contribution in [3.63, 3.8) is 0 Å². The van der Waals surface area contributed by atoms with Crippen molar-refractivity contribution in [2.75, 3.05) is 13.7 Å². The van der Waals surface area contributed by atoms with Crippen molar-refractivity contribution in [2.45, 2.75) is 6.54 Å². The van der Waals surface area contributed by atoms with Crippen LogP contribution in [-0.4, -0.2) is 46.1 Å². The van der Waals surface area contributed by atoms with Crippen molar-refractivity contribution in [2.24, 2.45) is 0 Å². The number of rotatable bonds is 5. The first-order chi connectivity index (χ1) is 12.0. The lowest BCUT2D eigenvalue weighted by Crippen LogP contribution is -2.32. The van der Waals surface area contributed by atoms with Crippen molar-refractivity contribution < 1.29 is 23.5 Å². The fraction of sp³-hybridized carbons (Fsp3) is 0.176. The molecule has 1 aromatic heterocycles. The van der Waals surface area contributed by atoms with Gasteiger partial charge < -0.3 is 4.74 Å². The Balaban J connectivity index is 1.74. The number of ether oxygens (including phenoxy) is 1. The summed E-state index contributed by atoms with van der Waals surface area (Å²) in [5.74, 6) is -1.53. The molecular weight excluding hydrogens is 329 g/mol. The van der Waals surface area contributed by atoms with Gasteiger partial charge >= 0.3 is 5.97 Å². The fourth-order valence-corrected chi connectivity index (χ4v) is 2.58. The smallest absolute Gasteiger partial charge is 0.358 e. The largest absolute Gasteiger partial charge is 0.464 e. The molecule has 0 radical (unpaired) electrons. The average molecular weight is 343 g/mol. The molecule has 0 aliphatic carbocycles. The molecule has 0 saturated carbocycles. The van der Waals surface area contributed by atoms with Crippen molar-refractivity contribution in [1.29, 1.82) is 0 Å². The van der Waals surface area contributed by atoms with Gasteiger partial charge in [0, 0.05) is 6.20 Å². The Morgan fingerprint density at radius 2 is 1.80 bits per heavy atom. The van der Waals surface area contributed by atoms with E-state index >= 15 is 0 Å². The van der Waals surface area contributed by atoms with E-state index in [4.69, 9.17) is 0 Å². The number of amides is 2. The number of methoxy groups -OCH3 is 1. The molecular formula is C17H14FN3O4. The summed E-state index contributed by atoms with van der Waals surface area (Å²) < 4.78 is 19.1. The van der Waals surface area contributed by atoms with Gasteiger partial charge in [0.2, 0.25) is 0 Å². The van der Waals surface area contributed by atoms with Gasteiger partial charge in [-0.2, -0.15) is 5.10 Å². The zero-order valence-electron chi connectivity index (χ0n) is 13.3. The van der Waals surface area contributed by atoms with E-state index < -0.39 is 17.8 Å². The van der Waals surface area contributed by atoms with Crippen LogP contribution in [-0.2, 0) is 11.3 Å². The molecule has 8 heteroatoms. The van der Waals surface area contributed by atoms with Crippen LogP contribution in [0.3, 0.4) is 0 Å². The monoisotopic (exact) mass is 343 g/mol. The number of carbonyl (C=O) groups excluding carboxylic acids is 3. The number of halogens is 1. The molecule has 0 bridgehead atoms. The van der Waals surface area contributed by atoms with E-state index in [9.17, 15) is 18.8 Å². The molecule has 2 heterocycles. The minimum atomic E-state index is -0.607. The molecule has 0 fully saturated rings. The predicted octanol–water partition coefficient (Wildman–Crippen LogP) is 1.82. The van der Waals surface area contributed by atoms with Gasteiger partial charge in [-0.1, -0.05) is 12.1 Å². The first-order valence-corrected chi connectivity index (χ1v) is 7.40. The second-order valence-corrected chi connectivity index (χ2v) is 5.40. The molecule has 0 atom stereocenters. The van der Waals surface area contributed by atoms with Gasteiger partial charge in [0.05, 0.1) is 37.7 Å². The highest BCUT2D eigenvalue weighted by Gasteiger charge is 2.35. The first kappa shape index (κ1) is 16.6. The van der Waals surface area contributed by atoms with E-state index in [0.717, 1.165) is 4.90 Å². The fourth-order valence-electron chi connectivity index (χ4n) is 2.58. The van der Waals surface area contributed by atoms with Crippen LogP contribution >= 0.6 is 0 Å². The van der Waals surface area contributed by atoms with E-state index in [0.29, 0.717) is 17.5 Å². The molecule has 7 nitrogen and oxygen atoms in total. The normalized spacial score (nSPS) is 14.0. The standard InChI is InChI=1S/C17H14FN3O4/c1-25-17(24)14-6-7-20(19-14)9-11(8-18)10-21-15(22)12-4-2-3-5-13(12)16(21)23/h2-8H,9-10H2,1H3. The third kappa shape index (κ3) is 3.06. The zero-order chi connectivity index (χ0) is 18.0. The molecule has 0 unspecified atom stereocenters. The third-order valence-electron chi connectivity index (χ3n) is 3.79. The van der Waals surface area contributed by atoms with Crippen molar-refractivity contribution in [3.05, 3.63) is 65.3 Å². The summed E-state index contributed by atoms with van der Waals surface area (Å²) in [6, 6.07) is 7.88. The van der Waals surface area contributed by atoms with Crippen LogP contribution in [0.25, 0.3) is 0 Å². The summed E-state index contributed by atoms with van der Waals surface area (Å²) in [5.41, 5.74) is 0.853. The SMILES string of the molecule is COC(=O)c1ccn(CC(=CF)CN2C(=O)c3ccccc3C2=O)n1. The van der Waals surface area contributed by atoms with Crippen LogP contribution in [0.4, 0.5) is 4.39 Å². The number of hydrogen-bond donors (Lipinski definition) is 0. The van der Waals surface area contributed by atoms with E-state index in [1.807, 2.05) is 0 Å². The maximum atomic E-state index is 13.3. The summed E-state index contributed by atoms with van der Waals surface area (Å²) in [6.45, 7) is -0.211. The van der Waals surface area contributed by atoms with Crippen LogP contribution in [0.2, 0.25) is 0 Å². The van der Waals surface area contributed by atoms with Gasteiger partial charge in [0.15, 0.2) is 5.69 Å². The van der Waals surface area contributed by atoms with E-state index in [2.05, 4.69) is 9.84 Å². The van der Waals surface area contributed by atoms with Crippen LogP contribution in [0.15, 0.2) is 48.4 Å². The summed E-state index contributed by atoms with van der Waals surface area (Å²) in [5, 5.41) is 3.97. The summed E-state index contributed by atoms with van der Waals surface area (Å²) in [4.78, 5) is 37.0. The Labute approximate surface area is 142 Å². The Kier molecular flexibility index (Phi) is 4.42. The molecule has 25 heavy (non-hydrogen) atoms. The maximum Gasteiger partial charge on any atom is 0.358 e. The van der Waals surface area contributed by atoms with Crippen molar-refractivity contribution in [3.8, 4) is 0 Å². The average Bonchev–Trinajstić information content (AvgIpc) is 3.19. The minimum absolute atomic E-state index is 0.0130. The molecule has 0 saturated heterocycles. The lowest BCUT2D eigenvalue weighted by atomic mass is 10.1. The molecule has 1 aliphatic heterocycles. The highest BCUT2D eigenvalue weighted by Crippen LogP contribution is 2.23. The number of fused-ring (bicyclic) bond motifs is 1. The number of esters is 1. The van der Waals surface area contributed by atoms with Gasteiger partial charge in [-0.05, 0) is 23.8 Å². The Hall–Kier alpha value is -3.29. The Morgan fingerprint density at radius 1 is 1.16 bits per heavy atom. The van der Waals surface area contributed by atoms with Gasteiger partial charge in [-0.25, -0.2) is 9.18 Å². The highest BCUT2D eigenvalue weighted by atomic mass is 19.1.